The summed E-state index contributed by atoms with van der Waals surface area (Å²) in [6, 6.07) is 0. The van der Waals surface area contributed by atoms with Gasteiger partial charge in [0.1, 0.15) is 25.4 Å². The van der Waals surface area contributed by atoms with E-state index in [2.05, 4.69) is 92.9 Å². The van der Waals surface area contributed by atoms with Crippen molar-refractivity contribution >= 4 is 23.9 Å². The highest BCUT2D eigenvalue weighted by molar-refractivity contribution is 5.70. The second-order valence-electron chi connectivity index (χ2n) is 23.1. The number of carbonyl (C=O) groups is 4. The van der Waals surface area contributed by atoms with Crippen molar-refractivity contribution in [3.8, 4) is 0 Å². The number of rotatable bonds is 36. The van der Waals surface area contributed by atoms with Crippen molar-refractivity contribution in [3.63, 3.8) is 0 Å². The fraction of sp³-hybridized carbons (Fsp3) is 0.931. The van der Waals surface area contributed by atoms with Crippen LogP contribution in [0.5, 0.6) is 0 Å². The van der Waals surface area contributed by atoms with E-state index in [1.807, 2.05) is 0 Å². The predicted octanol–water partition coefficient (Wildman–Crippen LogP) is 15.2. The molecule has 400 valence electrons. The van der Waals surface area contributed by atoms with E-state index in [9.17, 15) is 19.2 Å². The monoisotopic (exact) mass is 963 g/mol. The molecule has 0 unspecified atom stereocenters. The SMILES string of the molecule is CCCCCC(=O)OCCN1C(C)(C)CC(OC(=O)CCCCC)CC1(C)C.CCCCCCCCCCCC(=O)OCCN1C(C)(C)CC(OC(=O)CCCCCCCCCCC)CC1(C)C. The number of piperidine rings is 2. The lowest BCUT2D eigenvalue weighted by molar-refractivity contribution is -0.163. The van der Waals surface area contributed by atoms with Crippen LogP contribution in [0.15, 0.2) is 0 Å². The number of unbranched alkanes of at least 4 members (excludes halogenated alkanes) is 20. The van der Waals surface area contributed by atoms with Gasteiger partial charge in [-0.25, -0.2) is 0 Å². The van der Waals surface area contributed by atoms with Gasteiger partial charge >= 0.3 is 23.9 Å². The van der Waals surface area contributed by atoms with E-state index in [0.29, 0.717) is 52.0 Å². The molecule has 2 fully saturated rings. The molecule has 0 bridgehead atoms. The van der Waals surface area contributed by atoms with E-state index in [0.717, 1.165) is 89.9 Å². The van der Waals surface area contributed by atoms with Crippen molar-refractivity contribution in [2.24, 2.45) is 0 Å². The maximum Gasteiger partial charge on any atom is 0.306 e. The van der Waals surface area contributed by atoms with Crippen LogP contribution in [-0.4, -0.2) is 94.3 Å². The molecular weight excluding hydrogens is 853 g/mol. The summed E-state index contributed by atoms with van der Waals surface area (Å²) in [4.78, 5) is 53.7. The van der Waals surface area contributed by atoms with Gasteiger partial charge in [0, 0.05) is 86.6 Å². The predicted molar refractivity (Wildman–Crippen MR) is 282 cm³/mol. The Hall–Kier alpha value is -2.20. The Balaban J connectivity index is 0.000000724. The van der Waals surface area contributed by atoms with Crippen molar-refractivity contribution < 1.29 is 38.1 Å². The van der Waals surface area contributed by atoms with Crippen molar-refractivity contribution in [1.82, 2.24) is 9.80 Å². The minimum Gasteiger partial charge on any atom is -0.464 e. The quantitative estimate of drug-likeness (QED) is 0.0342. The highest BCUT2D eigenvalue weighted by atomic mass is 16.6. The molecule has 0 saturated carbocycles. The summed E-state index contributed by atoms with van der Waals surface area (Å²) in [6.07, 6.45) is 33.9. The third-order valence-electron chi connectivity index (χ3n) is 14.5. The first kappa shape index (κ1) is 63.8. The summed E-state index contributed by atoms with van der Waals surface area (Å²) < 4.78 is 22.9. The van der Waals surface area contributed by atoms with Crippen LogP contribution in [0, 0.1) is 0 Å². The molecule has 2 aliphatic heterocycles. The van der Waals surface area contributed by atoms with E-state index < -0.39 is 0 Å². The Morgan fingerprint density at radius 1 is 0.353 bits per heavy atom. The molecule has 0 spiro atoms. The molecule has 68 heavy (non-hydrogen) atoms. The van der Waals surface area contributed by atoms with Crippen molar-refractivity contribution in [1.29, 1.82) is 0 Å². The van der Waals surface area contributed by atoms with Gasteiger partial charge in [-0.1, -0.05) is 156 Å². The Bertz CT molecular complexity index is 1310. The first-order chi connectivity index (χ1) is 32.2. The third kappa shape index (κ3) is 28.6. The van der Waals surface area contributed by atoms with Gasteiger partial charge in [-0.2, -0.15) is 0 Å². The largest absolute Gasteiger partial charge is 0.464 e. The lowest BCUT2D eigenvalue weighted by Crippen LogP contribution is -2.63. The highest BCUT2D eigenvalue weighted by Crippen LogP contribution is 2.41. The average molecular weight is 964 g/mol. The van der Waals surface area contributed by atoms with Gasteiger partial charge in [0.15, 0.2) is 0 Å². The Morgan fingerprint density at radius 3 is 0.853 bits per heavy atom. The van der Waals surface area contributed by atoms with Gasteiger partial charge in [-0.3, -0.25) is 29.0 Å². The van der Waals surface area contributed by atoms with Gasteiger partial charge < -0.3 is 18.9 Å². The van der Waals surface area contributed by atoms with Crippen LogP contribution in [0.25, 0.3) is 0 Å². The Morgan fingerprint density at radius 2 is 0.574 bits per heavy atom. The average Bonchev–Trinajstić information content (AvgIpc) is 3.24. The van der Waals surface area contributed by atoms with Crippen LogP contribution in [0.2, 0.25) is 0 Å². The van der Waals surface area contributed by atoms with Crippen molar-refractivity contribution in [3.05, 3.63) is 0 Å². The van der Waals surface area contributed by atoms with Gasteiger partial charge in [-0.15, -0.1) is 0 Å². The van der Waals surface area contributed by atoms with E-state index >= 15 is 0 Å². The summed E-state index contributed by atoms with van der Waals surface area (Å²) in [7, 11) is 0. The number of carbonyl (C=O) groups excluding carboxylic acids is 4. The van der Waals surface area contributed by atoms with E-state index in [1.54, 1.807) is 0 Å². The van der Waals surface area contributed by atoms with Gasteiger partial charge in [0.05, 0.1) is 0 Å². The van der Waals surface area contributed by atoms with Crippen LogP contribution in [0.3, 0.4) is 0 Å². The standard InChI is InChI=1S/C35H67NO4.C23H43NO4/c1-7-9-11-13-15-17-19-21-23-25-32(37)39-28-27-36-34(3,4)29-31(30-35(36,5)6)40-33(38)26-24-22-20-18-16-14-12-10-8-2;1-7-9-11-13-20(25)27-16-15-24-22(3,4)17-19(18-23(24,5)6)28-21(26)14-12-10-8-2/h31H,7-30H2,1-6H3;19H,7-18H2,1-6H3. The fourth-order valence-electron chi connectivity index (χ4n) is 11.2. The fourth-order valence-corrected chi connectivity index (χ4v) is 11.2. The molecular formula is C58H110N2O8. The molecule has 10 nitrogen and oxygen atoms in total. The third-order valence-corrected chi connectivity index (χ3v) is 14.5. The van der Waals surface area contributed by atoms with Crippen LogP contribution >= 0.6 is 0 Å². The second kappa shape index (κ2) is 35.8. The first-order valence-electron chi connectivity index (χ1n) is 28.5. The maximum absolute atomic E-state index is 12.6. The van der Waals surface area contributed by atoms with Crippen LogP contribution in [0.4, 0.5) is 0 Å². The summed E-state index contributed by atoms with van der Waals surface area (Å²) in [5, 5.41) is 0. The zero-order valence-corrected chi connectivity index (χ0v) is 46.8. The van der Waals surface area contributed by atoms with Crippen LogP contribution < -0.4 is 0 Å². The number of esters is 4. The molecule has 2 saturated heterocycles. The lowest BCUT2D eigenvalue weighted by atomic mass is 9.78. The summed E-state index contributed by atoms with van der Waals surface area (Å²) in [6.45, 7) is 28.7. The summed E-state index contributed by atoms with van der Waals surface area (Å²) >= 11 is 0. The van der Waals surface area contributed by atoms with Crippen LogP contribution in [0.1, 0.15) is 289 Å². The molecule has 0 aromatic carbocycles. The molecule has 0 aliphatic carbocycles. The van der Waals surface area contributed by atoms with Crippen molar-refractivity contribution in [2.45, 2.75) is 323 Å². The van der Waals surface area contributed by atoms with Crippen molar-refractivity contribution in [2.75, 3.05) is 26.3 Å². The summed E-state index contributed by atoms with van der Waals surface area (Å²) in [5.41, 5.74) is -0.502. The molecule has 0 amide bonds. The number of hydrogen-bond donors (Lipinski definition) is 0. The number of ether oxygens (including phenoxy) is 4. The smallest absolute Gasteiger partial charge is 0.306 e. The molecule has 0 radical (unpaired) electrons. The molecule has 2 aliphatic rings. The van der Waals surface area contributed by atoms with E-state index in [4.69, 9.17) is 18.9 Å². The maximum atomic E-state index is 12.6. The van der Waals surface area contributed by atoms with Gasteiger partial charge in [0.25, 0.3) is 0 Å². The molecule has 10 heteroatoms. The normalized spacial score (nSPS) is 18.1. The minimum absolute atomic E-state index is 0.0431. The molecule has 0 atom stereocenters. The minimum atomic E-state index is -0.131. The van der Waals surface area contributed by atoms with Gasteiger partial charge in [-0.05, 0) is 81.1 Å². The molecule has 2 rings (SSSR count). The highest BCUT2D eigenvalue weighted by Gasteiger charge is 2.47. The lowest BCUT2D eigenvalue weighted by Gasteiger charge is -2.54. The van der Waals surface area contributed by atoms with E-state index in [-0.39, 0.29) is 58.2 Å². The first-order valence-corrected chi connectivity index (χ1v) is 28.5. The molecule has 0 aromatic rings. The zero-order valence-electron chi connectivity index (χ0n) is 46.8. The molecule has 2 heterocycles. The molecule has 0 aromatic heterocycles. The number of nitrogens with zero attached hydrogens (tertiary/aromatic N) is 2. The Labute approximate surface area is 419 Å². The second-order valence-corrected chi connectivity index (χ2v) is 23.1. The number of hydrogen-bond acceptors (Lipinski definition) is 10. The van der Waals surface area contributed by atoms with Gasteiger partial charge in [0.2, 0.25) is 0 Å². The topological polar surface area (TPSA) is 112 Å². The van der Waals surface area contributed by atoms with E-state index in [1.165, 1.54) is 89.9 Å². The number of likely N-dealkylation sites (tertiary alicyclic amines) is 2. The molecule has 0 N–H and O–H groups in total. The summed E-state index contributed by atoms with van der Waals surface area (Å²) in [5.74, 6) is -0.281. The zero-order chi connectivity index (χ0) is 50.9. The Kier molecular flexibility index (Phi) is 33.6. The van der Waals surface area contributed by atoms with Crippen LogP contribution in [-0.2, 0) is 38.1 Å².